The van der Waals surface area contributed by atoms with Crippen LogP contribution in [-0.2, 0) is 32.0 Å². The van der Waals surface area contributed by atoms with Crippen molar-refractivity contribution in [3.05, 3.63) is 89.1 Å². The van der Waals surface area contributed by atoms with Gasteiger partial charge < -0.3 is 35.3 Å². The molecule has 0 saturated carbocycles. The number of rotatable bonds is 16. The molecule has 0 unspecified atom stereocenters. The second kappa shape index (κ2) is 17.3. The summed E-state index contributed by atoms with van der Waals surface area (Å²) >= 11 is 0. The molecule has 4 aromatic rings. The highest BCUT2D eigenvalue weighted by Gasteiger charge is 2.45. The molecule has 2 atom stereocenters. The molecule has 53 heavy (non-hydrogen) atoms. The molecule has 1 heterocycles. The molecule has 0 saturated heterocycles. The van der Waals surface area contributed by atoms with Gasteiger partial charge in [-0.15, -0.1) is 0 Å². The van der Waals surface area contributed by atoms with E-state index in [4.69, 9.17) is 19.9 Å². The van der Waals surface area contributed by atoms with Gasteiger partial charge >= 0.3 is 24.3 Å². The summed E-state index contributed by atoms with van der Waals surface area (Å²) in [5, 5.41) is 6.55. The zero-order chi connectivity index (χ0) is 38.9. The number of primary amides is 1. The van der Waals surface area contributed by atoms with Gasteiger partial charge in [0.05, 0.1) is 36.0 Å². The molecule has 1 amide bonds. The molecule has 17 heteroatoms. The molecule has 0 aliphatic carbocycles. The van der Waals surface area contributed by atoms with Crippen LogP contribution in [-0.4, -0.2) is 61.0 Å². The standard InChI is InChI=1S/C36H36F6N4O7/c1-4-22-21(17-44-27(19-52-33(48)35(37,38)39)31(20-11-8-7-9-12-20)53-34(49)36(40,41)42)13-10-14-25(22)46-30-23-15-28(50-5-2)29(51-6-3)16-26(23)45-18-24(30)32(43)47/h7-16,18,27,31,44H,4-6,17,19H2,1-3H3,(H2,43,47)(H,45,46)/t27-,31-/m1/s1. The van der Waals surface area contributed by atoms with Crippen molar-refractivity contribution in [3.63, 3.8) is 0 Å². The number of anilines is 2. The Morgan fingerprint density at radius 3 is 2.08 bits per heavy atom. The van der Waals surface area contributed by atoms with Crippen molar-refractivity contribution in [3.8, 4) is 11.5 Å². The highest BCUT2D eigenvalue weighted by atomic mass is 19.4. The van der Waals surface area contributed by atoms with Gasteiger partial charge in [-0.1, -0.05) is 49.4 Å². The van der Waals surface area contributed by atoms with E-state index in [2.05, 4.69) is 20.4 Å². The number of ether oxygens (including phenoxy) is 4. The topological polar surface area (TPSA) is 151 Å². The van der Waals surface area contributed by atoms with Crippen LogP contribution in [0.2, 0.25) is 0 Å². The van der Waals surface area contributed by atoms with Crippen LogP contribution in [0.25, 0.3) is 10.9 Å². The average Bonchev–Trinajstić information content (AvgIpc) is 3.10. The van der Waals surface area contributed by atoms with Crippen LogP contribution in [0.1, 0.15) is 53.9 Å². The Bertz CT molecular complexity index is 1920. The van der Waals surface area contributed by atoms with Crippen LogP contribution in [0, 0.1) is 0 Å². The third-order valence-electron chi connectivity index (χ3n) is 7.82. The van der Waals surface area contributed by atoms with E-state index in [0.717, 1.165) is 0 Å². The monoisotopic (exact) mass is 750 g/mol. The van der Waals surface area contributed by atoms with Crippen LogP contribution in [0.4, 0.5) is 37.7 Å². The van der Waals surface area contributed by atoms with Gasteiger partial charge in [-0.3, -0.25) is 9.78 Å². The maximum atomic E-state index is 13.3. The van der Waals surface area contributed by atoms with Gasteiger partial charge in [0.15, 0.2) is 11.5 Å². The first-order valence-corrected chi connectivity index (χ1v) is 16.3. The number of nitrogens with zero attached hydrogens (tertiary/aromatic N) is 1. The second-order valence-electron chi connectivity index (χ2n) is 11.3. The maximum absolute atomic E-state index is 13.3. The van der Waals surface area contributed by atoms with Gasteiger partial charge in [0.25, 0.3) is 5.91 Å². The number of benzene rings is 3. The quantitative estimate of drug-likeness (QED) is 0.0820. The fourth-order valence-electron chi connectivity index (χ4n) is 5.48. The number of aromatic nitrogens is 1. The Balaban J connectivity index is 1.75. The molecule has 3 aromatic carbocycles. The number of esters is 2. The van der Waals surface area contributed by atoms with E-state index in [1.54, 1.807) is 51.1 Å². The van der Waals surface area contributed by atoms with Gasteiger partial charge in [-0.2, -0.15) is 26.3 Å². The number of hydrogen-bond donors (Lipinski definition) is 3. The van der Waals surface area contributed by atoms with Crippen LogP contribution < -0.4 is 25.8 Å². The molecular weight excluding hydrogens is 714 g/mol. The summed E-state index contributed by atoms with van der Waals surface area (Å²) in [6.07, 6.45) is -11.0. The van der Waals surface area contributed by atoms with Gasteiger partial charge in [0.2, 0.25) is 0 Å². The highest BCUT2D eigenvalue weighted by molar-refractivity contribution is 6.08. The number of hydrogen-bond acceptors (Lipinski definition) is 10. The highest BCUT2D eigenvalue weighted by Crippen LogP contribution is 2.38. The molecule has 1 aromatic heterocycles. The van der Waals surface area contributed by atoms with Crippen molar-refractivity contribution in [2.75, 3.05) is 25.1 Å². The zero-order valence-electron chi connectivity index (χ0n) is 28.7. The van der Waals surface area contributed by atoms with Crippen molar-refractivity contribution >= 4 is 40.1 Å². The number of nitrogens with one attached hydrogen (secondary N) is 2. The van der Waals surface area contributed by atoms with Gasteiger partial charge in [0, 0.05) is 29.9 Å². The molecule has 11 nitrogen and oxygen atoms in total. The van der Waals surface area contributed by atoms with Gasteiger partial charge in [-0.05, 0) is 49.1 Å². The largest absolute Gasteiger partial charge is 0.490 e. The van der Waals surface area contributed by atoms with Gasteiger partial charge in [-0.25, -0.2) is 9.59 Å². The first-order chi connectivity index (χ1) is 25.1. The fourth-order valence-corrected chi connectivity index (χ4v) is 5.48. The SMILES string of the molecule is CCOc1cc2ncc(C(N)=O)c(Nc3cccc(CN[C@H](COC(=O)C(F)(F)F)[C@H](OC(=O)C(F)(F)F)c4ccccc4)c3CC)c2cc1OCC. The summed E-state index contributed by atoms with van der Waals surface area (Å²) in [4.78, 5) is 40.6. The number of fused-ring (bicyclic) bond motifs is 1. The lowest BCUT2D eigenvalue weighted by Gasteiger charge is -2.29. The zero-order valence-corrected chi connectivity index (χ0v) is 28.7. The van der Waals surface area contributed by atoms with E-state index >= 15 is 0 Å². The molecule has 0 radical (unpaired) electrons. The predicted molar refractivity (Wildman–Crippen MR) is 181 cm³/mol. The lowest BCUT2D eigenvalue weighted by atomic mass is 9.99. The Morgan fingerprint density at radius 1 is 0.849 bits per heavy atom. The molecular formula is C36H36F6N4O7. The number of nitrogens with two attached hydrogens (primary N) is 1. The minimum Gasteiger partial charge on any atom is -0.490 e. The normalized spacial score (nSPS) is 12.8. The van der Waals surface area contributed by atoms with Crippen molar-refractivity contribution in [2.24, 2.45) is 5.73 Å². The number of carbonyl (C=O) groups is 3. The first kappa shape index (κ1) is 40.2. The third-order valence-corrected chi connectivity index (χ3v) is 7.82. The predicted octanol–water partition coefficient (Wildman–Crippen LogP) is 6.85. The minimum atomic E-state index is -5.44. The molecule has 0 spiro atoms. The van der Waals surface area contributed by atoms with Crippen molar-refractivity contribution in [1.82, 2.24) is 10.3 Å². The Morgan fingerprint density at radius 2 is 1.49 bits per heavy atom. The summed E-state index contributed by atoms with van der Waals surface area (Å²) < 4.78 is 99.9. The number of halogens is 6. The van der Waals surface area contributed by atoms with E-state index in [9.17, 15) is 40.7 Å². The van der Waals surface area contributed by atoms with E-state index in [1.165, 1.54) is 36.5 Å². The third kappa shape index (κ3) is 10.1. The van der Waals surface area contributed by atoms with Crippen LogP contribution in [0.5, 0.6) is 11.5 Å². The minimum absolute atomic E-state index is 0.0146. The average molecular weight is 751 g/mol. The number of carbonyl (C=O) groups excluding carboxylic acids is 3. The number of alkyl halides is 6. The van der Waals surface area contributed by atoms with Crippen molar-refractivity contribution in [1.29, 1.82) is 0 Å². The molecule has 4 N–H and O–H groups in total. The lowest BCUT2D eigenvalue weighted by Crippen LogP contribution is -2.43. The van der Waals surface area contributed by atoms with Crippen LogP contribution in [0.15, 0.2) is 66.9 Å². The summed E-state index contributed by atoms with van der Waals surface area (Å²) in [6, 6.07) is 13.7. The maximum Gasteiger partial charge on any atom is 0.490 e. The Kier molecular flexibility index (Phi) is 13.1. The number of pyridine rings is 1. The van der Waals surface area contributed by atoms with E-state index in [-0.39, 0.29) is 23.4 Å². The molecule has 284 valence electrons. The Labute approximate surface area is 299 Å². The van der Waals surface area contributed by atoms with E-state index in [1.807, 2.05) is 0 Å². The lowest BCUT2D eigenvalue weighted by molar-refractivity contribution is -0.210. The van der Waals surface area contributed by atoms with Gasteiger partial charge in [0.1, 0.15) is 12.7 Å². The van der Waals surface area contributed by atoms with Crippen molar-refractivity contribution < 1.29 is 59.7 Å². The van der Waals surface area contributed by atoms with E-state index < -0.39 is 49.0 Å². The molecule has 4 rings (SSSR count). The Hall–Kier alpha value is -5.58. The van der Waals surface area contributed by atoms with Crippen LogP contribution >= 0.6 is 0 Å². The molecule has 0 fully saturated rings. The van der Waals surface area contributed by atoms with Crippen molar-refractivity contribution in [2.45, 2.75) is 58.2 Å². The summed E-state index contributed by atoms with van der Waals surface area (Å²) in [5.74, 6) is -5.16. The second-order valence-corrected chi connectivity index (χ2v) is 11.3. The summed E-state index contributed by atoms with van der Waals surface area (Å²) in [7, 11) is 0. The van der Waals surface area contributed by atoms with E-state index in [0.29, 0.717) is 58.9 Å². The van der Waals surface area contributed by atoms with Crippen LogP contribution in [0.3, 0.4) is 0 Å². The summed E-state index contributed by atoms with van der Waals surface area (Å²) in [6.45, 7) is 4.70. The smallest absolute Gasteiger partial charge is 0.490 e. The first-order valence-electron chi connectivity index (χ1n) is 16.3. The molecule has 0 aliphatic rings. The fraction of sp³-hybridized carbons (Fsp3) is 0.333. The summed E-state index contributed by atoms with van der Waals surface area (Å²) in [5.41, 5.74) is 8.07. The molecule has 0 bridgehead atoms. The number of amides is 1. The molecule has 0 aliphatic heterocycles.